The fourth-order valence-corrected chi connectivity index (χ4v) is 6.11. The summed E-state index contributed by atoms with van der Waals surface area (Å²) in [7, 11) is -3.01. The Balaban J connectivity index is 1.67. The van der Waals surface area contributed by atoms with Crippen molar-refractivity contribution in [2.24, 2.45) is 0 Å². The van der Waals surface area contributed by atoms with Crippen LogP contribution in [0.25, 0.3) is 0 Å². The molecule has 1 amide bonds. The van der Waals surface area contributed by atoms with E-state index in [2.05, 4.69) is 36.0 Å². The number of aromatic amines is 1. The highest BCUT2D eigenvalue weighted by molar-refractivity contribution is 7.99. The maximum atomic E-state index is 12.9. The molecule has 0 radical (unpaired) electrons. The van der Waals surface area contributed by atoms with Crippen molar-refractivity contribution >= 4 is 27.5 Å². The van der Waals surface area contributed by atoms with Gasteiger partial charge in [-0.15, -0.1) is 5.10 Å². The van der Waals surface area contributed by atoms with E-state index in [1.807, 2.05) is 4.90 Å². The molecule has 0 unspecified atom stereocenters. The quantitative estimate of drug-likeness (QED) is 0.761. The Morgan fingerprint density at radius 3 is 2.46 bits per heavy atom. The Bertz CT molecular complexity index is 748. The van der Waals surface area contributed by atoms with E-state index >= 15 is 0 Å². The molecule has 9 heteroatoms. The van der Waals surface area contributed by atoms with Gasteiger partial charge in [0.1, 0.15) is 5.82 Å². The molecule has 1 N–H and O–H groups in total. The molecule has 1 saturated heterocycles. The van der Waals surface area contributed by atoms with Gasteiger partial charge in [0.2, 0.25) is 11.1 Å². The number of amides is 1. The number of carbonyl (C=O) groups excluding carboxylic acids is 1. The number of sulfone groups is 1. The number of thioether (sulfide) groups is 1. The second-order valence-electron chi connectivity index (χ2n) is 8.30. The summed E-state index contributed by atoms with van der Waals surface area (Å²) in [6.45, 7) is 6.15. The molecule has 1 aliphatic carbocycles. The first-order chi connectivity index (χ1) is 12.2. The predicted molar refractivity (Wildman–Crippen MR) is 102 cm³/mol. The number of nitrogens with zero attached hydrogens (tertiary/aromatic N) is 3. The van der Waals surface area contributed by atoms with Crippen LogP contribution in [0.5, 0.6) is 0 Å². The van der Waals surface area contributed by atoms with Crippen molar-refractivity contribution in [3.8, 4) is 0 Å². The molecule has 2 fully saturated rings. The monoisotopic (exact) mass is 400 g/mol. The summed E-state index contributed by atoms with van der Waals surface area (Å²) in [5, 5.41) is 7.69. The summed E-state index contributed by atoms with van der Waals surface area (Å²) in [5.41, 5.74) is -0.121. The molecule has 2 aliphatic rings. The average Bonchev–Trinajstić information content (AvgIpc) is 3.26. The molecule has 0 bridgehead atoms. The van der Waals surface area contributed by atoms with E-state index in [0.29, 0.717) is 11.6 Å². The Hall–Kier alpha value is -1.09. The summed E-state index contributed by atoms with van der Waals surface area (Å²) in [4.78, 5) is 19.3. The first kappa shape index (κ1) is 19.7. The number of rotatable bonds is 5. The minimum absolute atomic E-state index is 0.00566. The van der Waals surface area contributed by atoms with Crippen molar-refractivity contribution in [3.63, 3.8) is 0 Å². The number of hydrogen-bond donors (Lipinski definition) is 1. The van der Waals surface area contributed by atoms with E-state index in [9.17, 15) is 13.2 Å². The molecule has 26 heavy (non-hydrogen) atoms. The van der Waals surface area contributed by atoms with Gasteiger partial charge in [-0.05, 0) is 19.3 Å². The van der Waals surface area contributed by atoms with Gasteiger partial charge in [0, 0.05) is 17.5 Å². The zero-order valence-electron chi connectivity index (χ0n) is 15.7. The zero-order chi connectivity index (χ0) is 18.9. The molecule has 1 aromatic heterocycles. The van der Waals surface area contributed by atoms with E-state index in [0.717, 1.165) is 31.5 Å². The van der Waals surface area contributed by atoms with E-state index in [-0.39, 0.29) is 40.7 Å². The van der Waals surface area contributed by atoms with Crippen LogP contribution in [-0.2, 0) is 20.0 Å². The van der Waals surface area contributed by atoms with Gasteiger partial charge in [0.15, 0.2) is 9.84 Å². The molecule has 3 rings (SSSR count). The number of carbonyl (C=O) groups is 1. The van der Waals surface area contributed by atoms with E-state index in [1.54, 1.807) is 0 Å². The topological polar surface area (TPSA) is 96.0 Å². The van der Waals surface area contributed by atoms with Crippen molar-refractivity contribution in [2.75, 3.05) is 17.3 Å². The molecule has 1 atom stereocenters. The van der Waals surface area contributed by atoms with Crippen LogP contribution < -0.4 is 0 Å². The molecule has 1 aliphatic heterocycles. The first-order valence-corrected chi connectivity index (χ1v) is 12.0. The molecule has 1 saturated carbocycles. The Kier molecular flexibility index (Phi) is 5.67. The molecular formula is C17H28N4O3S2. The standard InChI is InChI=1S/C17H28N4O3S2/c1-17(2,3)15-18-16(20-19-15)25-10-14(22)21(12-6-4-5-7-12)13-8-9-26(23,24)11-13/h12-13H,4-11H2,1-3H3,(H,18,19,20)/t13-/m0/s1. The summed E-state index contributed by atoms with van der Waals surface area (Å²) >= 11 is 1.32. The van der Waals surface area contributed by atoms with Crippen LogP contribution in [0.15, 0.2) is 5.16 Å². The molecule has 0 spiro atoms. The summed E-state index contributed by atoms with van der Waals surface area (Å²) in [5.74, 6) is 1.34. The number of nitrogens with one attached hydrogen (secondary N) is 1. The van der Waals surface area contributed by atoms with Crippen LogP contribution in [0.4, 0.5) is 0 Å². The van der Waals surface area contributed by atoms with Gasteiger partial charge in [0.05, 0.1) is 17.3 Å². The lowest BCUT2D eigenvalue weighted by atomic mass is 9.96. The minimum atomic E-state index is -3.01. The number of H-pyrrole nitrogens is 1. The Morgan fingerprint density at radius 2 is 1.92 bits per heavy atom. The van der Waals surface area contributed by atoms with Crippen molar-refractivity contribution in [2.45, 2.75) is 75.5 Å². The van der Waals surface area contributed by atoms with Gasteiger partial charge in [0.25, 0.3) is 0 Å². The van der Waals surface area contributed by atoms with Gasteiger partial charge in [-0.3, -0.25) is 9.89 Å². The van der Waals surface area contributed by atoms with Crippen molar-refractivity contribution < 1.29 is 13.2 Å². The third-order valence-corrected chi connectivity index (χ3v) is 7.69. The lowest BCUT2D eigenvalue weighted by Crippen LogP contribution is -2.47. The third kappa shape index (κ3) is 4.60. The highest BCUT2D eigenvalue weighted by Gasteiger charge is 2.38. The van der Waals surface area contributed by atoms with Crippen molar-refractivity contribution in [3.05, 3.63) is 5.82 Å². The molecule has 146 valence electrons. The molecule has 0 aromatic carbocycles. The zero-order valence-corrected chi connectivity index (χ0v) is 17.3. The van der Waals surface area contributed by atoms with E-state index < -0.39 is 9.84 Å². The van der Waals surface area contributed by atoms with Crippen molar-refractivity contribution in [1.29, 1.82) is 0 Å². The van der Waals surface area contributed by atoms with Crippen LogP contribution in [0.1, 0.15) is 58.7 Å². The summed E-state index contributed by atoms with van der Waals surface area (Å²) < 4.78 is 23.8. The van der Waals surface area contributed by atoms with Crippen LogP contribution >= 0.6 is 11.8 Å². The summed E-state index contributed by atoms with van der Waals surface area (Å²) in [6, 6.07) is 0.00663. The molecule has 2 heterocycles. The number of aromatic nitrogens is 3. The Morgan fingerprint density at radius 1 is 1.23 bits per heavy atom. The minimum Gasteiger partial charge on any atom is -0.335 e. The normalized spacial score (nSPS) is 23.4. The average molecular weight is 401 g/mol. The van der Waals surface area contributed by atoms with Crippen LogP contribution in [0.2, 0.25) is 0 Å². The van der Waals surface area contributed by atoms with E-state index in [4.69, 9.17) is 0 Å². The SMILES string of the molecule is CC(C)(C)c1nc(SCC(=O)N(C2CCCC2)[C@H]2CCS(=O)(=O)C2)n[nH]1. The van der Waals surface area contributed by atoms with Gasteiger partial charge in [-0.2, -0.15) is 0 Å². The lowest BCUT2D eigenvalue weighted by Gasteiger charge is -2.34. The summed E-state index contributed by atoms with van der Waals surface area (Å²) in [6.07, 6.45) is 4.72. The van der Waals surface area contributed by atoms with Crippen LogP contribution in [0.3, 0.4) is 0 Å². The Labute approximate surface area is 159 Å². The van der Waals surface area contributed by atoms with Gasteiger partial charge in [-0.1, -0.05) is 45.4 Å². The first-order valence-electron chi connectivity index (χ1n) is 9.23. The lowest BCUT2D eigenvalue weighted by molar-refractivity contribution is -0.132. The van der Waals surface area contributed by atoms with Gasteiger partial charge < -0.3 is 4.90 Å². The fraction of sp³-hybridized carbons (Fsp3) is 0.824. The van der Waals surface area contributed by atoms with Crippen LogP contribution in [-0.4, -0.2) is 63.7 Å². The maximum Gasteiger partial charge on any atom is 0.233 e. The van der Waals surface area contributed by atoms with E-state index in [1.165, 1.54) is 11.8 Å². The molecule has 7 nitrogen and oxygen atoms in total. The smallest absolute Gasteiger partial charge is 0.233 e. The maximum absolute atomic E-state index is 12.9. The van der Waals surface area contributed by atoms with Crippen LogP contribution in [0, 0.1) is 0 Å². The molecule has 1 aromatic rings. The third-order valence-electron chi connectivity index (χ3n) is 5.11. The predicted octanol–water partition coefficient (Wildman–Crippen LogP) is 2.15. The number of hydrogen-bond acceptors (Lipinski definition) is 6. The second kappa shape index (κ2) is 7.50. The second-order valence-corrected chi connectivity index (χ2v) is 11.5. The molecular weight excluding hydrogens is 372 g/mol. The fourth-order valence-electron chi connectivity index (χ4n) is 3.73. The highest BCUT2D eigenvalue weighted by atomic mass is 32.2. The largest absolute Gasteiger partial charge is 0.335 e. The van der Waals surface area contributed by atoms with Gasteiger partial charge in [-0.25, -0.2) is 13.4 Å². The highest BCUT2D eigenvalue weighted by Crippen LogP contribution is 2.30. The van der Waals surface area contributed by atoms with Crippen molar-refractivity contribution in [1.82, 2.24) is 20.1 Å². The van der Waals surface area contributed by atoms with Gasteiger partial charge >= 0.3 is 0 Å².